The molecule has 22 heavy (non-hydrogen) atoms. The normalized spacial score (nSPS) is 18.8. The number of carbonyl (C=O) groups is 1. The minimum Gasteiger partial charge on any atom is -0.345 e. The van der Waals surface area contributed by atoms with Crippen LogP contribution in [0.15, 0.2) is 54.9 Å². The number of nitrogens with zero attached hydrogens (tertiary/aromatic N) is 1. The van der Waals surface area contributed by atoms with Crippen LogP contribution in [0.4, 0.5) is 0 Å². The monoisotopic (exact) mass is 295 g/mol. The fraction of sp³-hybridized carbons (Fsp3) is 0.333. The molecule has 114 valence electrons. The van der Waals surface area contributed by atoms with E-state index in [9.17, 15) is 4.79 Å². The van der Waals surface area contributed by atoms with Gasteiger partial charge in [0.25, 0.3) is 0 Å². The van der Waals surface area contributed by atoms with Crippen LogP contribution >= 0.6 is 0 Å². The van der Waals surface area contributed by atoms with E-state index in [-0.39, 0.29) is 11.9 Å². The van der Waals surface area contributed by atoms with Gasteiger partial charge in [-0.25, -0.2) is 0 Å². The molecule has 0 bridgehead atoms. The van der Waals surface area contributed by atoms with Gasteiger partial charge < -0.3 is 10.6 Å². The number of carbonyl (C=O) groups excluding carboxylic acids is 1. The Hall–Kier alpha value is -2.20. The lowest BCUT2D eigenvalue weighted by Gasteiger charge is -2.21. The Morgan fingerprint density at radius 2 is 1.91 bits per heavy atom. The number of benzene rings is 1. The highest BCUT2D eigenvalue weighted by molar-refractivity contribution is 5.77. The van der Waals surface area contributed by atoms with Crippen molar-refractivity contribution in [3.8, 4) is 0 Å². The average Bonchev–Trinajstić information content (AvgIpc) is 3.07. The third kappa shape index (κ3) is 3.71. The molecule has 0 saturated carbocycles. The van der Waals surface area contributed by atoms with Gasteiger partial charge in [0.1, 0.15) is 0 Å². The number of nitrogens with one attached hydrogen (secondary N) is 2. The summed E-state index contributed by atoms with van der Waals surface area (Å²) < 4.78 is 0. The summed E-state index contributed by atoms with van der Waals surface area (Å²) in [6, 6.07) is 14.1. The van der Waals surface area contributed by atoms with E-state index in [2.05, 4.69) is 15.6 Å². The van der Waals surface area contributed by atoms with Gasteiger partial charge in [0, 0.05) is 24.9 Å². The molecule has 0 radical (unpaired) electrons. The van der Waals surface area contributed by atoms with Crippen LogP contribution in [0, 0.1) is 0 Å². The van der Waals surface area contributed by atoms with Gasteiger partial charge in [0.2, 0.25) is 5.91 Å². The van der Waals surface area contributed by atoms with Crippen LogP contribution in [0.2, 0.25) is 0 Å². The molecule has 0 aliphatic carbocycles. The number of hydrogen-bond acceptors (Lipinski definition) is 3. The van der Waals surface area contributed by atoms with Crippen molar-refractivity contribution >= 4 is 5.91 Å². The lowest BCUT2D eigenvalue weighted by atomic mass is 9.99. The zero-order chi connectivity index (χ0) is 15.2. The molecule has 2 N–H and O–H groups in total. The van der Waals surface area contributed by atoms with Gasteiger partial charge >= 0.3 is 0 Å². The van der Waals surface area contributed by atoms with Gasteiger partial charge in [0.05, 0.1) is 6.04 Å². The number of rotatable bonds is 5. The van der Waals surface area contributed by atoms with Gasteiger partial charge in [0.15, 0.2) is 0 Å². The van der Waals surface area contributed by atoms with E-state index in [4.69, 9.17) is 0 Å². The van der Waals surface area contributed by atoms with Crippen molar-refractivity contribution in [2.24, 2.45) is 0 Å². The molecule has 1 aliphatic rings. The van der Waals surface area contributed by atoms with Crippen LogP contribution in [-0.2, 0) is 4.79 Å². The number of hydrogen-bond donors (Lipinski definition) is 2. The van der Waals surface area contributed by atoms with Crippen molar-refractivity contribution in [1.29, 1.82) is 0 Å². The number of pyridine rings is 1. The minimum absolute atomic E-state index is 0.0880. The van der Waals surface area contributed by atoms with Gasteiger partial charge in [-0.15, -0.1) is 0 Å². The van der Waals surface area contributed by atoms with Crippen molar-refractivity contribution in [2.75, 3.05) is 6.54 Å². The first-order valence-corrected chi connectivity index (χ1v) is 7.80. The SMILES string of the molecule is O=C(CC1CCCN1)NC(c1ccccc1)c1ccncc1. The van der Waals surface area contributed by atoms with Crippen molar-refractivity contribution < 1.29 is 4.79 Å². The second kappa shape index (κ2) is 7.18. The fourth-order valence-corrected chi connectivity index (χ4v) is 2.94. The van der Waals surface area contributed by atoms with E-state index in [1.807, 2.05) is 42.5 Å². The van der Waals surface area contributed by atoms with Gasteiger partial charge in [-0.2, -0.15) is 0 Å². The maximum Gasteiger partial charge on any atom is 0.222 e. The largest absolute Gasteiger partial charge is 0.345 e. The Morgan fingerprint density at radius 1 is 1.18 bits per heavy atom. The third-order valence-corrected chi connectivity index (χ3v) is 4.07. The highest BCUT2D eigenvalue weighted by Crippen LogP contribution is 2.21. The summed E-state index contributed by atoms with van der Waals surface area (Å²) in [6.07, 6.45) is 6.30. The third-order valence-electron chi connectivity index (χ3n) is 4.07. The molecule has 1 fully saturated rings. The Morgan fingerprint density at radius 3 is 2.59 bits per heavy atom. The summed E-state index contributed by atoms with van der Waals surface area (Å²) in [6.45, 7) is 1.02. The maximum atomic E-state index is 12.4. The molecule has 1 aromatic heterocycles. The minimum atomic E-state index is -0.127. The first kappa shape index (κ1) is 14.7. The van der Waals surface area contributed by atoms with E-state index < -0.39 is 0 Å². The maximum absolute atomic E-state index is 12.4. The van der Waals surface area contributed by atoms with Crippen LogP contribution in [0.5, 0.6) is 0 Å². The molecule has 3 rings (SSSR count). The van der Waals surface area contributed by atoms with Gasteiger partial charge in [-0.3, -0.25) is 9.78 Å². The Kier molecular flexibility index (Phi) is 4.81. The Balaban J connectivity index is 1.75. The predicted octanol–water partition coefficient (Wildman–Crippen LogP) is 2.43. The highest BCUT2D eigenvalue weighted by Gasteiger charge is 2.21. The first-order chi connectivity index (χ1) is 10.8. The number of aromatic nitrogens is 1. The zero-order valence-corrected chi connectivity index (χ0v) is 12.5. The van der Waals surface area contributed by atoms with Crippen LogP contribution in [0.3, 0.4) is 0 Å². The predicted molar refractivity (Wildman–Crippen MR) is 86.3 cm³/mol. The molecule has 2 unspecified atom stereocenters. The molecule has 1 aliphatic heterocycles. The zero-order valence-electron chi connectivity index (χ0n) is 12.5. The molecule has 1 amide bonds. The van der Waals surface area contributed by atoms with Crippen LogP contribution in [0.1, 0.15) is 36.4 Å². The molecule has 1 aromatic carbocycles. The Labute approximate surface area is 131 Å². The summed E-state index contributed by atoms with van der Waals surface area (Å²) in [5.74, 6) is 0.0880. The quantitative estimate of drug-likeness (QED) is 0.891. The molecule has 4 heteroatoms. The molecular weight excluding hydrogens is 274 g/mol. The summed E-state index contributed by atoms with van der Waals surface area (Å²) >= 11 is 0. The molecule has 4 nitrogen and oxygen atoms in total. The average molecular weight is 295 g/mol. The molecule has 1 saturated heterocycles. The van der Waals surface area contributed by atoms with E-state index in [0.717, 1.165) is 30.5 Å². The summed E-state index contributed by atoms with van der Waals surface area (Å²) in [7, 11) is 0. The van der Waals surface area contributed by atoms with Crippen LogP contribution < -0.4 is 10.6 Å². The first-order valence-electron chi connectivity index (χ1n) is 7.80. The van der Waals surface area contributed by atoms with Crippen LogP contribution in [0.25, 0.3) is 0 Å². The summed E-state index contributed by atoms with van der Waals surface area (Å²) in [5, 5.41) is 6.54. The molecule has 2 heterocycles. The summed E-state index contributed by atoms with van der Waals surface area (Å²) in [5.41, 5.74) is 2.13. The van der Waals surface area contributed by atoms with E-state index in [1.54, 1.807) is 12.4 Å². The standard InChI is InChI=1S/C18H21N3O/c22-17(13-16-7-4-10-20-16)21-18(14-5-2-1-3-6-14)15-8-11-19-12-9-15/h1-3,5-6,8-9,11-12,16,18,20H,4,7,10,13H2,(H,21,22). The number of amides is 1. The Bertz CT molecular complexity index is 555. The second-order valence-electron chi connectivity index (χ2n) is 5.69. The van der Waals surface area contributed by atoms with Gasteiger partial charge in [-0.05, 0) is 42.6 Å². The van der Waals surface area contributed by atoms with E-state index in [1.165, 1.54) is 0 Å². The molecule has 2 atom stereocenters. The lowest BCUT2D eigenvalue weighted by molar-refractivity contribution is -0.122. The smallest absolute Gasteiger partial charge is 0.222 e. The van der Waals surface area contributed by atoms with E-state index in [0.29, 0.717) is 12.5 Å². The van der Waals surface area contributed by atoms with Gasteiger partial charge in [-0.1, -0.05) is 30.3 Å². The van der Waals surface area contributed by atoms with Crippen molar-refractivity contribution in [2.45, 2.75) is 31.3 Å². The fourth-order valence-electron chi connectivity index (χ4n) is 2.94. The molecule has 0 spiro atoms. The molecular formula is C18H21N3O. The topological polar surface area (TPSA) is 54.0 Å². The van der Waals surface area contributed by atoms with Crippen molar-refractivity contribution in [1.82, 2.24) is 15.6 Å². The second-order valence-corrected chi connectivity index (χ2v) is 5.69. The highest BCUT2D eigenvalue weighted by atomic mass is 16.1. The summed E-state index contributed by atoms with van der Waals surface area (Å²) in [4.78, 5) is 16.5. The molecule has 2 aromatic rings. The lowest BCUT2D eigenvalue weighted by Crippen LogP contribution is -2.34. The van der Waals surface area contributed by atoms with E-state index >= 15 is 0 Å². The van der Waals surface area contributed by atoms with Crippen molar-refractivity contribution in [3.63, 3.8) is 0 Å². The van der Waals surface area contributed by atoms with Crippen molar-refractivity contribution in [3.05, 3.63) is 66.0 Å². The van der Waals surface area contributed by atoms with Crippen LogP contribution in [-0.4, -0.2) is 23.5 Å².